The number of aromatic nitrogens is 4. The van der Waals surface area contributed by atoms with E-state index < -0.39 is 11.9 Å². The van der Waals surface area contributed by atoms with Crippen LogP contribution in [0.25, 0.3) is 33.4 Å². The van der Waals surface area contributed by atoms with Gasteiger partial charge < -0.3 is 4.74 Å². The molecule has 0 aliphatic rings. The summed E-state index contributed by atoms with van der Waals surface area (Å²) in [4.78, 5) is 23.8. The number of allylic oxidation sites excluding steroid dienone is 1. The molecule has 0 amide bonds. The first-order valence-electron chi connectivity index (χ1n) is 14.6. The van der Waals surface area contributed by atoms with E-state index in [4.69, 9.17) is 19.8 Å². The molecule has 0 saturated heterocycles. The van der Waals surface area contributed by atoms with Crippen LogP contribution in [0, 0.1) is 5.82 Å². The van der Waals surface area contributed by atoms with Crippen molar-refractivity contribution in [2.75, 3.05) is 0 Å². The molecule has 2 heterocycles. The van der Waals surface area contributed by atoms with Gasteiger partial charge in [-0.15, -0.1) is 0 Å². The van der Waals surface area contributed by atoms with Crippen molar-refractivity contribution < 1.29 is 9.13 Å². The van der Waals surface area contributed by atoms with Gasteiger partial charge in [0.05, 0.1) is 22.7 Å². The summed E-state index contributed by atoms with van der Waals surface area (Å²) in [7, 11) is 0. The Kier molecular flexibility index (Phi) is 8.66. The van der Waals surface area contributed by atoms with Crippen LogP contribution in [0.15, 0.2) is 89.2 Å². The molecule has 0 bridgehead atoms. The molecule has 0 radical (unpaired) electrons. The minimum atomic E-state index is -0.536. The van der Waals surface area contributed by atoms with Crippen molar-refractivity contribution in [3.05, 3.63) is 107 Å². The van der Waals surface area contributed by atoms with Crippen LogP contribution >= 0.6 is 0 Å². The minimum absolute atomic E-state index is 0.164. The molecule has 43 heavy (non-hydrogen) atoms. The fourth-order valence-corrected chi connectivity index (χ4v) is 5.06. The summed E-state index contributed by atoms with van der Waals surface area (Å²) in [6, 6.07) is 21.1. The van der Waals surface area contributed by atoms with Gasteiger partial charge in [-0.3, -0.25) is 9.36 Å². The van der Waals surface area contributed by atoms with Crippen molar-refractivity contribution in [3.63, 3.8) is 0 Å². The van der Waals surface area contributed by atoms with Crippen LogP contribution in [-0.2, 0) is 0 Å². The van der Waals surface area contributed by atoms with Gasteiger partial charge >= 0.3 is 0 Å². The first kappa shape index (κ1) is 29.6. The molecule has 8 heteroatoms. The monoisotopic (exact) mass is 577 g/mol. The normalized spacial score (nSPS) is 12.3. The lowest BCUT2D eigenvalue weighted by Crippen LogP contribution is -2.27. The molecule has 5 rings (SSSR count). The van der Waals surface area contributed by atoms with Gasteiger partial charge in [-0.2, -0.15) is 5.10 Å². The molecule has 0 spiro atoms. The molecule has 5 aromatic rings. The number of benzene rings is 3. The van der Waals surface area contributed by atoms with Gasteiger partial charge in [0.15, 0.2) is 17.4 Å². The second-order valence-electron chi connectivity index (χ2n) is 10.8. The lowest BCUT2D eigenvalue weighted by molar-refractivity contribution is 0.231. The van der Waals surface area contributed by atoms with Gasteiger partial charge in [-0.25, -0.2) is 19.0 Å². The highest BCUT2D eigenvalue weighted by atomic mass is 19.1. The van der Waals surface area contributed by atoms with Crippen molar-refractivity contribution in [1.29, 1.82) is 0 Å². The second kappa shape index (κ2) is 12.6. The Bertz CT molecular complexity index is 1870. The SMILES string of the molecule is C=C(C)c1c(-c2ccc(OC(C)C)c(F)c2)nn(C(C)c2nc3ccccc3c(=O)n2-c2ccccc2)c1/N=C\CCC. The van der Waals surface area contributed by atoms with Gasteiger partial charge in [0.1, 0.15) is 17.6 Å². The molecule has 1 unspecified atom stereocenters. The van der Waals surface area contributed by atoms with E-state index in [0.29, 0.717) is 45.1 Å². The molecule has 0 N–H and O–H groups in total. The molecule has 0 aliphatic heterocycles. The summed E-state index contributed by atoms with van der Waals surface area (Å²) in [6.07, 6.45) is 3.38. The van der Waals surface area contributed by atoms with E-state index in [1.165, 1.54) is 6.07 Å². The predicted molar refractivity (Wildman–Crippen MR) is 172 cm³/mol. The number of halogens is 1. The zero-order valence-corrected chi connectivity index (χ0v) is 25.2. The van der Waals surface area contributed by atoms with E-state index in [9.17, 15) is 4.79 Å². The number of unbranched alkanes of at least 4 members (excludes halogenated alkanes) is 1. The maximum absolute atomic E-state index is 15.2. The lowest BCUT2D eigenvalue weighted by Gasteiger charge is -2.20. The van der Waals surface area contributed by atoms with E-state index in [0.717, 1.165) is 18.4 Å². The molecule has 2 aromatic heterocycles. The molecule has 3 aromatic carbocycles. The summed E-state index contributed by atoms with van der Waals surface area (Å²) >= 11 is 0. The molecule has 0 saturated carbocycles. The van der Waals surface area contributed by atoms with Crippen LogP contribution in [0.4, 0.5) is 10.2 Å². The van der Waals surface area contributed by atoms with Crippen LogP contribution in [0.5, 0.6) is 5.75 Å². The molecule has 7 nitrogen and oxygen atoms in total. The Hall–Kier alpha value is -4.85. The molecule has 220 valence electrons. The zero-order valence-electron chi connectivity index (χ0n) is 25.2. The fourth-order valence-electron chi connectivity index (χ4n) is 5.06. The number of hydrogen-bond donors (Lipinski definition) is 0. The summed E-state index contributed by atoms with van der Waals surface area (Å²) < 4.78 is 24.2. The largest absolute Gasteiger partial charge is 0.488 e. The van der Waals surface area contributed by atoms with Gasteiger partial charge in [0.2, 0.25) is 0 Å². The molecular formula is C35H36FN5O2. The van der Waals surface area contributed by atoms with E-state index in [1.54, 1.807) is 27.4 Å². The maximum Gasteiger partial charge on any atom is 0.266 e. The van der Waals surface area contributed by atoms with Crippen LogP contribution < -0.4 is 10.3 Å². The third-order valence-corrected chi connectivity index (χ3v) is 7.07. The number of fused-ring (bicyclic) bond motifs is 1. The maximum atomic E-state index is 15.2. The molecule has 1 atom stereocenters. The molecule has 0 aliphatic carbocycles. The first-order chi connectivity index (χ1) is 20.7. The predicted octanol–water partition coefficient (Wildman–Crippen LogP) is 8.32. The highest BCUT2D eigenvalue weighted by Gasteiger charge is 2.27. The lowest BCUT2D eigenvalue weighted by atomic mass is 10.0. The third kappa shape index (κ3) is 5.91. The average molecular weight is 578 g/mol. The minimum Gasteiger partial charge on any atom is -0.488 e. The van der Waals surface area contributed by atoms with Crippen LogP contribution in [0.1, 0.15) is 64.9 Å². The summed E-state index contributed by atoms with van der Waals surface area (Å²) in [6.45, 7) is 13.8. The number of ether oxygens (including phenoxy) is 1. The number of nitrogens with zero attached hydrogens (tertiary/aromatic N) is 5. The fraction of sp³-hybridized carbons (Fsp3) is 0.257. The van der Waals surface area contributed by atoms with Crippen molar-refractivity contribution in [1.82, 2.24) is 19.3 Å². The molecule has 0 fully saturated rings. The third-order valence-electron chi connectivity index (χ3n) is 7.07. The Morgan fingerprint density at radius 2 is 1.79 bits per heavy atom. The Labute approximate surface area is 251 Å². The quantitative estimate of drug-likeness (QED) is 0.156. The van der Waals surface area contributed by atoms with Gasteiger partial charge in [0.25, 0.3) is 5.56 Å². The summed E-state index contributed by atoms with van der Waals surface area (Å²) in [5.41, 5.74) is 3.64. The van der Waals surface area contributed by atoms with Crippen molar-refractivity contribution >= 4 is 28.5 Å². The smallest absolute Gasteiger partial charge is 0.266 e. The topological polar surface area (TPSA) is 74.3 Å². The molecular weight excluding hydrogens is 541 g/mol. The Morgan fingerprint density at radius 1 is 1.07 bits per heavy atom. The summed E-state index contributed by atoms with van der Waals surface area (Å²) in [5.74, 6) is 0.757. The van der Waals surface area contributed by atoms with Crippen LogP contribution in [0.2, 0.25) is 0 Å². The second-order valence-corrected chi connectivity index (χ2v) is 10.8. The van der Waals surface area contributed by atoms with Crippen molar-refractivity contribution in [2.24, 2.45) is 4.99 Å². The van der Waals surface area contributed by atoms with Crippen LogP contribution in [0.3, 0.4) is 0 Å². The standard InChI is InChI=1S/C35H36FN5O2/c1-7-8-20-37-34-31(22(2)3)32(25-18-19-30(28(36)21-25)43-23(4)5)39-41(34)24(6)33-38-29-17-13-12-16-27(29)35(42)40(33)26-14-10-9-11-15-26/h9-21,23-24H,2,7-8H2,1,3-6H3/b37-20-. The van der Waals surface area contributed by atoms with E-state index in [-0.39, 0.29) is 17.4 Å². The Balaban J connectivity index is 1.77. The van der Waals surface area contributed by atoms with Crippen molar-refractivity contribution in [3.8, 4) is 22.7 Å². The average Bonchev–Trinajstić information content (AvgIpc) is 3.38. The summed E-state index contributed by atoms with van der Waals surface area (Å²) in [5, 5.41) is 5.53. The van der Waals surface area contributed by atoms with Gasteiger partial charge in [-0.1, -0.05) is 50.3 Å². The van der Waals surface area contributed by atoms with E-state index in [2.05, 4.69) is 13.5 Å². The Morgan fingerprint density at radius 3 is 2.47 bits per heavy atom. The number of aliphatic imine (C=N–C) groups is 1. The first-order valence-corrected chi connectivity index (χ1v) is 14.6. The number of hydrogen-bond acceptors (Lipinski definition) is 5. The number of rotatable bonds is 10. The highest BCUT2D eigenvalue weighted by Crippen LogP contribution is 2.39. The number of para-hydroxylation sites is 2. The van der Waals surface area contributed by atoms with Gasteiger partial charge in [-0.05, 0) is 82.2 Å². The zero-order chi connectivity index (χ0) is 30.7. The van der Waals surface area contributed by atoms with Crippen molar-refractivity contribution in [2.45, 2.75) is 59.6 Å². The highest BCUT2D eigenvalue weighted by molar-refractivity contribution is 5.85. The van der Waals surface area contributed by atoms with E-state index >= 15 is 4.39 Å². The van der Waals surface area contributed by atoms with E-state index in [1.807, 2.05) is 82.4 Å². The van der Waals surface area contributed by atoms with Crippen LogP contribution in [-0.4, -0.2) is 31.7 Å². The van der Waals surface area contributed by atoms with Gasteiger partial charge in [0, 0.05) is 17.3 Å².